The molecule has 180 valence electrons. The number of nitrogens with zero attached hydrogens (tertiary/aromatic N) is 5. The van der Waals surface area contributed by atoms with Crippen LogP contribution in [0.4, 0.5) is 11.5 Å². The molecule has 3 aromatic rings. The first-order chi connectivity index (χ1) is 16.6. The summed E-state index contributed by atoms with van der Waals surface area (Å²) < 4.78 is 11.0. The summed E-state index contributed by atoms with van der Waals surface area (Å²) in [4.78, 5) is 16.4. The molecular weight excluding hydrogens is 473 g/mol. The van der Waals surface area contributed by atoms with Gasteiger partial charge in [0.1, 0.15) is 12.1 Å². The standard InChI is InChI=1S/C25H29Cl2N5O2/c1-33-23-12-19-22(13-24(23)34-2)28-16-29-25(19)32-6-5-17(15-32)14-30-7-9-31(10-8-30)18-3-4-20(26)21(27)11-18/h3-4,11-13,16-17H,5-10,14-15H2,1-2H3. The van der Waals surface area contributed by atoms with Crippen LogP contribution in [0.1, 0.15) is 6.42 Å². The Morgan fingerprint density at radius 1 is 0.882 bits per heavy atom. The smallest absolute Gasteiger partial charge is 0.162 e. The zero-order chi connectivity index (χ0) is 23.7. The van der Waals surface area contributed by atoms with E-state index < -0.39 is 0 Å². The van der Waals surface area contributed by atoms with Crippen LogP contribution in [0.2, 0.25) is 10.0 Å². The number of aromatic nitrogens is 2. The van der Waals surface area contributed by atoms with Gasteiger partial charge in [-0.2, -0.15) is 0 Å². The Hall–Kier alpha value is -2.48. The molecule has 0 amide bonds. The lowest BCUT2D eigenvalue weighted by Gasteiger charge is -2.37. The summed E-state index contributed by atoms with van der Waals surface area (Å²) in [6, 6.07) is 9.79. The van der Waals surface area contributed by atoms with Gasteiger partial charge in [0.15, 0.2) is 11.5 Å². The van der Waals surface area contributed by atoms with Crippen molar-refractivity contribution >= 4 is 45.6 Å². The van der Waals surface area contributed by atoms with Gasteiger partial charge in [-0.15, -0.1) is 0 Å². The number of anilines is 2. The highest BCUT2D eigenvalue weighted by Crippen LogP contribution is 2.36. The molecule has 0 N–H and O–H groups in total. The van der Waals surface area contributed by atoms with E-state index in [9.17, 15) is 0 Å². The maximum absolute atomic E-state index is 6.21. The molecule has 34 heavy (non-hydrogen) atoms. The zero-order valence-electron chi connectivity index (χ0n) is 19.5. The van der Waals surface area contributed by atoms with E-state index in [0.717, 1.165) is 74.6 Å². The molecule has 1 atom stereocenters. The van der Waals surface area contributed by atoms with Crippen LogP contribution in [0.15, 0.2) is 36.7 Å². The Balaban J connectivity index is 1.21. The molecule has 9 heteroatoms. The minimum absolute atomic E-state index is 0.601. The molecule has 0 spiro atoms. The summed E-state index contributed by atoms with van der Waals surface area (Å²) in [6.45, 7) is 7.17. The van der Waals surface area contributed by atoms with Crippen molar-refractivity contribution in [2.24, 2.45) is 5.92 Å². The quantitative estimate of drug-likeness (QED) is 0.488. The Bertz CT molecular complexity index is 1170. The van der Waals surface area contributed by atoms with Gasteiger partial charge >= 0.3 is 0 Å². The van der Waals surface area contributed by atoms with Crippen molar-refractivity contribution in [1.29, 1.82) is 0 Å². The number of halogens is 2. The molecule has 2 saturated heterocycles. The van der Waals surface area contributed by atoms with Crippen molar-refractivity contribution in [3.63, 3.8) is 0 Å². The van der Waals surface area contributed by atoms with Crippen LogP contribution in [0.5, 0.6) is 11.5 Å². The largest absolute Gasteiger partial charge is 0.493 e. The zero-order valence-corrected chi connectivity index (χ0v) is 21.0. The van der Waals surface area contributed by atoms with Gasteiger partial charge in [0.05, 0.1) is 29.8 Å². The molecular formula is C25H29Cl2N5O2. The first-order valence-electron chi connectivity index (χ1n) is 11.6. The molecule has 5 rings (SSSR count). The molecule has 0 saturated carbocycles. The monoisotopic (exact) mass is 501 g/mol. The summed E-state index contributed by atoms with van der Waals surface area (Å²) in [5.74, 6) is 2.96. The first-order valence-corrected chi connectivity index (χ1v) is 12.4. The van der Waals surface area contributed by atoms with Gasteiger partial charge in [0, 0.05) is 63.0 Å². The van der Waals surface area contributed by atoms with Crippen molar-refractivity contribution in [3.8, 4) is 11.5 Å². The normalized spacial score (nSPS) is 19.1. The summed E-state index contributed by atoms with van der Waals surface area (Å²) >= 11 is 12.3. The summed E-state index contributed by atoms with van der Waals surface area (Å²) in [6.07, 6.45) is 2.80. The number of hydrogen-bond donors (Lipinski definition) is 0. The van der Waals surface area contributed by atoms with Gasteiger partial charge in [0.25, 0.3) is 0 Å². The minimum atomic E-state index is 0.601. The maximum Gasteiger partial charge on any atom is 0.162 e. The van der Waals surface area contributed by atoms with E-state index in [1.807, 2.05) is 24.3 Å². The number of ether oxygens (including phenoxy) is 2. The molecule has 2 aliphatic rings. The van der Waals surface area contributed by atoms with E-state index in [2.05, 4.69) is 30.7 Å². The van der Waals surface area contributed by atoms with Gasteiger partial charge in [-0.3, -0.25) is 4.90 Å². The van der Waals surface area contributed by atoms with Crippen LogP contribution < -0.4 is 19.3 Å². The Labute approximate surface area is 210 Å². The molecule has 7 nitrogen and oxygen atoms in total. The predicted molar refractivity (Wildman–Crippen MR) is 138 cm³/mol. The molecule has 2 aliphatic heterocycles. The van der Waals surface area contributed by atoms with E-state index in [1.54, 1.807) is 20.5 Å². The molecule has 3 heterocycles. The van der Waals surface area contributed by atoms with Crippen molar-refractivity contribution in [2.75, 3.05) is 69.8 Å². The lowest BCUT2D eigenvalue weighted by atomic mass is 10.1. The van der Waals surface area contributed by atoms with Gasteiger partial charge in [-0.05, 0) is 36.6 Å². The van der Waals surface area contributed by atoms with Crippen LogP contribution in [-0.4, -0.2) is 74.9 Å². The lowest BCUT2D eigenvalue weighted by molar-refractivity contribution is 0.225. The molecule has 2 fully saturated rings. The topological polar surface area (TPSA) is 54.0 Å². The van der Waals surface area contributed by atoms with Gasteiger partial charge in [-0.25, -0.2) is 9.97 Å². The van der Waals surface area contributed by atoms with Crippen molar-refractivity contribution in [3.05, 3.63) is 46.7 Å². The van der Waals surface area contributed by atoms with Crippen LogP contribution in [-0.2, 0) is 0 Å². The van der Waals surface area contributed by atoms with Crippen LogP contribution in [0.25, 0.3) is 10.9 Å². The molecule has 0 radical (unpaired) electrons. The predicted octanol–water partition coefficient (Wildman–Crippen LogP) is 4.60. The van der Waals surface area contributed by atoms with E-state index in [4.69, 9.17) is 32.7 Å². The molecule has 1 aromatic heterocycles. The third kappa shape index (κ3) is 4.69. The molecule has 1 unspecified atom stereocenters. The lowest BCUT2D eigenvalue weighted by Crippen LogP contribution is -2.48. The molecule has 2 aromatic carbocycles. The van der Waals surface area contributed by atoms with Crippen LogP contribution in [0, 0.1) is 5.92 Å². The number of benzene rings is 2. The number of hydrogen-bond acceptors (Lipinski definition) is 7. The number of methoxy groups -OCH3 is 2. The minimum Gasteiger partial charge on any atom is -0.493 e. The van der Waals surface area contributed by atoms with Gasteiger partial charge in [-0.1, -0.05) is 23.2 Å². The molecule has 0 bridgehead atoms. The Morgan fingerprint density at radius 3 is 2.38 bits per heavy atom. The Morgan fingerprint density at radius 2 is 1.65 bits per heavy atom. The van der Waals surface area contributed by atoms with Crippen LogP contribution >= 0.6 is 23.2 Å². The van der Waals surface area contributed by atoms with Gasteiger partial charge in [0.2, 0.25) is 0 Å². The maximum atomic E-state index is 6.21. The highest BCUT2D eigenvalue weighted by molar-refractivity contribution is 6.42. The summed E-state index contributed by atoms with van der Waals surface area (Å²) in [5, 5.41) is 2.21. The van der Waals surface area contributed by atoms with E-state index in [0.29, 0.717) is 27.5 Å². The molecule has 0 aliphatic carbocycles. The van der Waals surface area contributed by atoms with Crippen molar-refractivity contribution in [1.82, 2.24) is 14.9 Å². The van der Waals surface area contributed by atoms with E-state index >= 15 is 0 Å². The van der Waals surface area contributed by atoms with Crippen LogP contribution in [0.3, 0.4) is 0 Å². The second-order valence-electron chi connectivity index (χ2n) is 8.91. The van der Waals surface area contributed by atoms with E-state index in [1.165, 1.54) is 0 Å². The number of fused-ring (bicyclic) bond motifs is 1. The third-order valence-corrected chi connectivity index (χ3v) is 7.60. The fraction of sp³-hybridized carbons (Fsp3) is 0.440. The number of piperazine rings is 1. The van der Waals surface area contributed by atoms with Crippen molar-refractivity contribution in [2.45, 2.75) is 6.42 Å². The summed E-state index contributed by atoms with van der Waals surface area (Å²) in [7, 11) is 3.29. The average molecular weight is 502 g/mol. The highest BCUT2D eigenvalue weighted by Gasteiger charge is 2.28. The van der Waals surface area contributed by atoms with Gasteiger partial charge < -0.3 is 19.3 Å². The second-order valence-corrected chi connectivity index (χ2v) is 9.72. The first kappa shape index (κ1) is 23.3. The SMILES string of the molecule is COc1cc2ncnc(N3CCC(CN4CCN(c5ccc(Cl)c(Cl)c5)CC4)C3)c2cc1OC. The summed E-state index contributed by atoms with van der Waals surface area (Å²) in [5.41, 5.74) is 2.01. The average Bonchev–Trinajstić information content (AvgIpc) is 3.33. The fourth-order valence-electron chi connectivity index (χ4n) is 5.03. The third-order valence-electron chi connectivity index (χ3n) is 6.86. The second kappa shape index (κ2) is 10.0. The highest BCUT2D eigenvalue weighted by atomic mass is 35.5. The fourth-order valence-corrected chi connectivity index (χ4v) is 5.32. The van der Waals surface area contributed by atoms with Crippen molar-refractivity contribution < 1.29 is 9.47 Å². The Kier molecular flexibility index (Phi) is 6.86. The van der Waals surface area contributed by atoms with E-state index in [-0.39, 0.29) is 0 Å². The number of rotatable bonds is 6.